The summed E-state index contributed by atoms with van der Waals surface area (Å²) in [7, 11) is 0. The van der Waals surface area contributed by atoms with Gasteiger partial charge in [-0.1, -0.05) is 24.6 Å². The zero-order valence-corrected chi connectivity index (χ0v) is 8.28. The average molecular weight is 189 g/mol. The molecule has 0 aliphatic carbocycles. The quantitative estimate of drug-likeness (QED) is 0.665. The first kappa shape index (κ1) is 9.25. The molecule has 0 atom stereocenters. The number of aliphatic imine (C=N–C) groups is 1. The smallest absolute Gasteiger partial charge is 0.190 e. The van der Waals surface area contributed by atoms with Crippen molar-refractivity contribution < 1.29 is 4.74 Å². The lowest BCUT2D eigenvalue weighted by Gasteiger charge is -2.06. The lowest BCUT2D eigenvalue weighted by molar-refractivity contribution is 0.528. The van der Waals surface area contributed by atoms with Crippen molar-refractivity contribution in [3.05, 3.63) is 30.3 Å². The predicted octanol–water partition coefficient (Wildman–Crippen LogP) is 3.04. The molecule has 2 heteroatoms. The van der Waals surface area contributed by atoms with Gasteiger partial charge in [0.25, 0.3) is 0 Å². The van der Waals surface area contributed by atoms with Gasteiger partial charge in [-0.05, 0) is 25.0 Å². The van der Waals surface area contributed by atoms with Gasteiger partial charge in [0.05, 0.1) is 0 Å². The molecule has 1 aliphatic rings. The maximum Gasteiger partial charge on any atom is 0.190 e. The minimum absolute atomic E-state index is 0.896. The monoisotopic (exact) mass is 189 g/mol. The summed E-state index contributed by atoms with van der Waals surface area (Å²) in [6, 6.07) is 9.88. The summed E-state index contributed by atoms with van der Waals surface area (Å²) in [4.78, 5) is 4.41. The summed E-state index contributed by atoms with van der Waals surface area (Å²) >= 11 is 0. The fourth-order valence-electron chi connectivity index (χ4n) is 1.56. The molecular weight excluding hydrogens is 174 g/mol. The maximum atomic E-state index is 5.69. The zero-order chi connectivity index (χ0) is 9.64. The Morgan fingerprint density at radius 3 is 2.71 bits per heavy atom. The van der Waals surface area contributed by atoms with Gasteiger partial charge in [-0.3, -0.25) is 4.99 Å². The fourth-order valence-corrected chi connectivity index (χ4v) is 1.56. The van der Waals surface area contributed by atoms with Crippen LogP contribution in [0.5, 0.6) is 5.75 Å². The van der Waals surface area contributed by atoms with Gasteiger partial charge in [0.1, 0.15) is 5.75 Å². The van der Waals surface area contributed by atoms with Crippen LogP contribution in [0.3, 0.4) is 0 Å². The van der Waals surface area contributed by atoms with Crippen LogP contribution < -0.4 is 4.74 Å². The van der Waals surface area contributed by atoms with Gasteiger partial charge in [0.15, 0.2) is 5.90 Å². The summed E-state index contributed by atoms with van der Waals surface area (Å²) < 4.78 is 5.69. The van der Waals surface area contributed by atoms with Crippen LogP contribution in [0, 0.1) is 0 Å². The van der Waals surface area contributed by atoms with E-state index in [9.17, 15) is 0 Å². The molecule has 0 radical (unpaired) electrons. The Morgan fingerprint density at radius 1 is 1.00 bits per heavy atom. The summed E-state index contributed by atoms with van der Waals surface area (Å²) in [6.45, 7) is 0.919. The number of ether oxygens (including phenoxy) is 1. The first-order valence-corrected chi connectivity index (χ1v) is 5.21. The third kappa shape index (κ3) is 2.59. The minimum Gasteiger partial charge on any atom is -0.443 e. The van der Waals surface area contributed by atoms with E-state index in [-0.39, 0.29) is 0 Å². The van der Waals surface area contributed by atoms with Gasteiger partial charge in [-0.15, -0.1) is 0 Å². The van der Waals surface area contributed by atoms with Gasteiger partial charge in [0, 0.05) is 13.0 Å². The molecule has 0 saturated carbocycles. The zero-order valence-electron chi connectivity index (χ0n) is 8.28. The lowest BCUT2D eigenvalue weighted by Crippen LogP contribution is -2.07. The standard InChI is InChI=1S/C12H15NO/c1-3-7-11(8-4-1)14-12-9-5-2-6-10-13-12/h1,3-4,7-8H,2,5-6,9-10H2. The fraction of sp³-hybridized carbons (Fsp3) is 0.417. The molecule has 0 N–H and O–H groups in total. The molecule has 2 rings (SSSR count). The Bertz CT molecular complexity index is 305. The molecule has 2 nitrogen and oxygen atoms in total. The number of nitrogens with zero attached hydrogens (tertiary/aromatic N) is 1. The second-order valence-electron chi connectivity index (χ2n) is 3.50. The van der Waals surface area contributed by atoms with E-state index in [1.165, 1.54) is 19.3 Å². The average Bonchev–Trinajstić information content (AvgIpc) is 2.48. The normalized spacial score (nSPS) is 17.0. The van der Waals surface area contributed by atoms with E-state index in [0.717, 1.165) is 24.6 Å². The van der Waals surface area contributed by atoms with Crippen molar-refractivity contribution in [3.8, 4) is 5.75 Å². The molecule has 14 heavy (non-hydrogen) atoms. The number of para-hydroxylation sites is 1. The van der Waals surface area contributed by atoms with Crippen LogP contribution in [-0.4, -0.2) is 12.4 Å². The van der Waals surface area contributed by atoms with E-state index in [2.05, 4.69) is 4.99 Å². The number of rotatable bonds is 1. The Morgan fingerprint density at radius 2 is 1.86 bits per heavy atom. The topological polar surface area (TPSA) is 21.6 Å². The van der Waals surface area contributed by atoms with Gasteiger partial charge < -0.3 is 4.74 Å². The van der Waals surface area contributed by atoms with Crippen molar-refractivity contribution in [3.63, 3.8) is 0 Å². The van der Waals surface area contributed by atoms with Crippen LogP contribution in [0.4, 0.5) is 0 Å². The Labute approximate surface area is 84.6 Å². The molecule has 0 saturated heterocycles. The van der Waals surface area contributed by atoms with Gasteiger partial charge in [-0.2, -0.15) is 0 Å². The molecule has 74 valence electrons. The number of hydrogen-bond acceptors (Lipinski definition) is 2. The van der Waals surface area contributed by atoms with Gasteiger partial charge >= 0.3 is 0 Å². The molecular formula is C12H15NO. The van der Waals surface area contributed by atoms with E-state index in [1.807, 2.05) is 30.3 Å². The van der Waals surface area contributed by atoms with Gasteiger partial charge in [-0.25, -0.2) is 0 Å². The van der Waals surface area contributed by atoms with Crippen molar-refractivity contribution in [2.45, 2.75) is 25.7 Å². The van der Waals surface area contributed by atoms with Crippen LogP contribution in [0.1, 0.15) is 25.7 Å². The Kier molecular flexibility index (Phi) is 3.17. The third-order valence-electron chi connectivity index (χ3n) is 2.32. The summed E-state index contributed by atoms with van der Waals surface area (Å²) in [5.74, 6) is 1.79. The molecule has 0 fully saturated rings. The predicted molar refractivity (Wildman–Crippen MR) is 57.8 cm³/mol. The molecule has 1 heterocycles. The first-order valence-electron chi connectivity index (χ1n) is 5.21. The molecule has 0 aromatic heterocycles. The SMILES string of the molecule is c1ccc(OC2=NCCCCC2)cc1. The Balaban J connectivity index is 1.99. The maximum absolute atomic E-state index is 5.69. The van der Waals surface area contributed by atoms with Crippen molar-refractivity contribution in [2.24, 2.45) is 4.99 Å². The van der Waals surface area contributed by atoms with Crippen LogP contribution in [0.25, 0.3) is 0 Å². The third-order valence-corrected chi connectivity index (χ3v) is 2.32. The van der Waals surface area contributed by atoms with Crippen molar-refractivity contribution in [1.82, 2.24) is 0 Å². The van der Waals surface area contributed by atoms with E-state index in [4.69, 9.17) is 4.74 Å². The number of benzene rings is 1. The first-order chi connectivity index (χ1) is 6.95. The largest absolute Gasteiger partial charge is 0.443 e. The highest BCUT2D eigenvalue weighted by Gasteiger charge is 2.05. The second kappa shape index (κ2) is 4.80. The summed E-state index contributed by atoms with van der Waals surface area (Å²) in [6.07, 6.45) is 4.65. The van der Waals surface area contributed by atoms with Crippen LogP contribution in [-0.2, 0) is 0 Å². The molecule has 0 bridgehead atoms. The molecule has 0 unspecified atom stereocenters. The van der Waals surface area contributed by atoms with Crippen LogP contribution in [0.15, 0.2) is 35.3 Å². The molecule has 0 amide bonds. The number of hydrogen-bond donors (Lipinski definition) is 0. The highest BCUT2D eigenvalue weighted by Crippen LogP contribution is 2.13. The van der Waals surface area contributed by atoms with E-state index >= 15 is 0 Å². The Hall–Kier alpha value is -1.31. The second-order valence-corrected chi connectivity index (χ2v) is 3.50. The van der Waals surface area contributed by atoms with Crippen LogP contribution >= 0.6 is 0 Å². The summed E-state index contributed by atoms with van der Waals surface area (Å²) in [5, 5.41) is 0. The van der Waals surface area contributed by atoms with Crippen molar-refractivity contribution in [2.75, 3.05) is 6.54 Å². The van der Waals surface area contributed by atoms with Gasteiger partial charge in [0.2, 0.25) is 0 Å². The molecule has 1 aliphatic heterocycles. The lowest BCUT2D eigenvalue weighted by atomic mass is 10.2. The van der Waals surface area contributed by atoms with E-state index in [1.54, 1.807) is 0 Å². The molecule has 0 spiro atoms. The highest BCUT2D eigenvalue weighted by atomic mass is 16.5. The van der Waals surface area contributed by atoms with E-state index in [0.29, 0.717) is 0 Å². The van der Waals surface area contributed by atoms with Crippen molar-refractivity contribution >= 4 is 5.90 Å². The molecule has 1 aromatic rings. The van der Waals surface area contributed by atoms with Crippen LogP contribution in [0.2, 0.25) is 0 Å². The van der Waals surface area contributed by atoms with E-state index < -0.39 is 0 Å². The minimum atomic E-state index is 0.896. The van der Waals surface area contributed by atoms with Crippen molar-refractivity contribution in [1.29, 1.82) is 0 Å². The molecule has 1 aromatic carbocycles. The summed E-state index contributed by atoms with van der Waals surface area (Å²) in [5.41, 5.74) is 0. The highest BCUT2D eigenvalue weighted by molar-refractivity contribution is 5.78.